The summed E-state index contributed by atoms with van der Waals surface area (Å²) in [4.78, 5) is 12.0. The lowest BCUT2D eigenvalue weighted by Gasteiger charge is -2.12. The predicted octanol–water partition coefficient (Wildman–Crippen LogP) is 3.96. The second-order valence-electron chi connectivity index (χ2n) is 4.57. The molecular weight excluding hydrogens is 252 g/mol. The van der Waals surface area contributed by atoms with Crippen molar-refractivity contribution in [2.75, 3.05) is 17.7 Å². The monoisotopic (exact) mass is 270 g/mol. The topological polar surface area (TPSA) is 50.4 Å². The first-order chi connectivity index (χ1) is 9.60. The summed E-state index contributed by atoms with van der Waals surface area (Å²) in [6.45, 7) is 3.88. The molecule has 2 rings (SSSR count). The van der Waals surface area contributed by atoms with Gasteiger partial charge in [0.15, 0.2) is 0 Å². The van der Waals surface area contributed by atoms with Crippen molar-refractivity contribution in [1.82, 2.24) is 0 Å². The Morgan fingerprint density at radius 1 is 0.950 bits per heavy atom. The highest BCUT2D eigenvalue weighted by molar-refractivity contribution is 6.00. The van der Waals surface area contributed by atoms with Crippen molar-refractivity contribution in [1.29, 1.82) is 0 Å². The highest BCUT2D eigenvalue weighted by atomic mass is 16.5. The molecule has 2 N–H and O–H groups in total. The summed E-state index contributed by atoms with van der Waals surface area (Å²) in [5, 5.41) is 5.66. The number of hydrogen-bond donors (Lipinski definition) is 2. The molecule has 0 aromatic heterocycles. The third-order valence-electron chi connectivity index (χ3n) is 3.08. The van der Waals surface area contributed by atoms with E-state index in [4.69, 9.17) is 4.74 Å². The average molecular weight is 270 g/mol. The fraction of sp³-hybridized carbons (Fsp3) is 0.188. The number of hydrogen-bond acceptors (Lipinski definition) is 2. The molecule has 104 valence electrons. The summed E-state index contributed by atoms with van der Waals surface area (Å²) in [5.74, 6) is 0.771. The molecule has 2 aromatic carbocycles. The van der Waals surface area contributed by atoms with E-state index in [1.165, 1.54) is 0 Å². The maximum atomic E-state index is 12.0. The smallest absolute Gasteiger partial charge is 0.323 e. The Balaban J connectivity index is 2.07. The van der Waals surface area contributed by atoms with E-state index in [9.17, 15) is 4.79 Å². The molecule has 0 fully saturated rings. The second kappa shape index (κ2) is 6.10. The average Bonchev–Trinajstić information content (AvgIpc) is 2.43. The number of rotatable bonds is 3. The highest BCUT2D eigenvalue weighted by Gasteiger charge is 2.06. The van der Waals surface area contributed by atoms with Crippen LogP contribution in [0.3, 0.4) is 0 Å². The van der Waals surface area contributed by atoms with Crippen LogP contribution < -0.4 is 15.4 Å². The van der Waals surface area contributed by atoms with Crippen LogP contribution >= 0.6 is 0 Å². The standard InChI is InChI=1S/C16H18N2O2/c1-11-6-4-5-7-14(11)17-16(19)18-15-9-8-13(20-3)10-12(15)2/h4-10H,1-3H3,(H2,17,18,19). The van der Waals surface area contributed by atoms with Gasteiger partial charge in [0.05, 0.1) is 7.11 Å². The predicted molar refractivity (Wildman–Crippen MR) is 81.6 cm³/mol. The number of carbonyl (C=O) groups excluding carboxylic acids is 1. The molecular formula is C16H18N2O2. The quantitative estimate of drug-likeness (QED) is 0.887. The minimum absolute atomic E-state index is 0.257. The van der Waals surface area contributed by atoms with Gasteiger partial charge in [-0.1, -0.05) is 18.2 Å². The Labute approximate surface area is 118 Å². The molecule has 20 heavy (non-hydrogen) atoms. The van der Waals surface area contributed by atoms with Gasteiger partial charge in [-0.3, -0.25) is 0 Å². The molecule has 0 bridgehead atoms. The van der Waals surface area contributed by atoms with Crippen LogP contribution in [0, 0.1) is 13.8 Å². The molecule has 0 atom stereocenters. The molecule has 0 saturated carbocycles. The first-order valence-corrected chi connectivity index (χ1v) is 6.38. The fourth-order valence-electron chi connectivity index (χ4n) is 1.89. The van der Waals surface area contributed by atoms with Crippen molar-refractivity contribution < 1.29 is 9.53 Å². The minimum atomic E-state index is -0.257. The van der Waals surface area contributed by atoms with Crippen molar-refractivity contribution in [2.45, 2.75) is 13.8 Å². The van der Waals surface area contributed by atoms with E-state index in [0.29, 0.717) is 0 Å². The molecule has 0 spiro atoms. The second-order valence-corrected chi connectivity index (χ2v) is 4.57. The SMILES string of the molecule is COc1ccc(NC(=O)Nc2ccccc2C)c(C)c1. The molecule has 0 aliphatic carbocycles. The number of carbonyl (C=O) groups is 1. The molecule has 0 unspecified atom stereocenters. The van der Waals surface area contributed by atoms with Crippen LogP contribution in [0.5, 0.6) is 5.75 Å². The van der Waals surface area contributed by atoms with E-state index in [-0.39, 0.29) is 6.03 Å². The van der Waals surface area contributed by atoms with Crippen LogP contribution in [-0.2, 0) is 0 Å². The highest BCUT2D eigenvalue weighted by Crippen LogP contribution is 2.21. The number of para-hydroxylation sites is 1. The number of urea groups is 1. The van der Waals surface area contributed by atoms with Gasteiger partial charge in [0, 0.05) is 11.4 Å². The molecule has 0 saturated heterocycles. The summed E-state index contributed by atoms with van der Waals surface area (Å²) in [7, 11) is 1.62. The summed E-state index contributed by atoms with van der Waals surface area (Å²) in [6, 6.07) is 12.9. The number of anilines is 2. The Morgan fingerprint density at radius 3 is 2.20 bits per heavy atom. The van der Waals surface area contributed by atoms with Crippen LogP contribution in [0.2, 0.25) is 0 Å². The Kier molecular flexibility index (Phi) is 4.25. The largest absolute Gasteiger partial charge is 0.497 e. The Hall–Kier alpha value is -2.49. The van der Waals surface area contributed by atoms with Crippen LogP contribution in [0.4, 0.5) is 16.2 Å². The first-order valence-electron chi connectivity index (χ1n) is 6.38. The van der Waals surface area contributed by atoms with Gasteiger partial charge < -0.3 is 15.4 Å². The van der Waals surface area contributed by atoms with Crippen LogP contribution in [0.25, 0.3) is 0 Å². The third-order valence-corrected chi connectivity index (χ3v) is 3.08. The van der Waals surface area contributed by atoms with Gasteiger partial charge in [0.2, 0.25) is 0 Å². The maximum absolute atomic E-state index is 12.0. The molecule has 0 heterocycles. The summed E-state index contributed by atoms with van der Waals surface area (Å²) < 4.78 is 5.14. The van der Waals surface area contributed by atoms with Gasteiger partial charge in [-0.2, -0.15) is 0 Å². The number of aryl methyl sites for hydroxylation is 2. The number of ether oxygens (including phenoxy) is 1. The molecule has 2 amide bonds. The lowest BCUT2D eigenvalue weighted by Crippen LogP contribution is -2.20. The summed E-state index contributed by atoms with van der Waals surface area (Å²) in [6.07, 6.45) is 0. The molecule has 4 nitrogen and oxygen atoms in total. The normalized spacial score (nSPS) is 9.95. The van der Waals surface area contributed by atoms with Crippen LogP contribution in [0.1, 0.15) is 11.1 Å². The van der Waals surface area contributed by atoms with E-state index in [2.05, 4.69) is 10.6 Å². The summed E-state index contributed by atoms with van der Waals surface area (Å²) >= 11 is 0. The summed E-state index contributed by atoms with van der Waals surface area (Å²) in [5.41, 5.74) is 3.53. The first kappa shape index (κ1) is 13.9. The number of nitrogens with one attached hydrogen (secondary N) is 2. The van der Waals surface area contributed by atoms with E-state index in [1.807, 2.05) is 56.3 Å². The zero-order valence-electron chi connectivity index (χ0n) is 11.9. The number of amides is 2. The number of methoxy groups -OCH3 is 1. The van der Waals surface area contributed by atoms with Gasteiger partial charge >= 0.3 is 6.03 Å². The fourth-order valence-corrected chi connectivity index (χ4v) is 1.89. The minimum Gasteiger partial charge on any atom is -0.497 e. The van der Waals surface area contributed by atoms with Gasteiger partial charge in [0.25, 0.3) is 0 Å². The van der Waals surface area contributed by atoms with Gasteiger partial charge in [-0.15, -0.1) is 0 Å². The van der Waals surface area contributed by atoms with Gasteiger partial charge in [0.1, 0.15) is 5.75 Å². The third kappa shape index (κ3) is 3.29. The van der Waals surface area contributed by atoms with E-state index in [0.717, 1.165) is 28.3 Å². The zero-order valence-corrected chi connectivity index (χ0v) is 11.9. The van der Waals surface area contributed by atoms with Crippen molar-refractivity contribution in [3.8, 4) is 5.75 Å². The van der Waals surface area contributed by atoms with Crippen LogP contribution in [0.15, 0.2) is 42.5 Å². The maximum Gasteiger partial charge on any atom is 0.323 e. The zero-order chi connectivity index (χ0) is 14.5. The van der Waals surface area contributed by atoms with E-state index in [1.54, 1.807) is 7.11 Å². The Bertz CT molecular complexity index is 624. The lowest BCUT2D eigenvalue weighted by molar-refractivity contribution is 0.262. The number of benzene rings is 2. The van der Waals surface area contributed by atoms with E-state index >= 15 is 0 Å². The van der Waals surface area contributed by atoms with Crippen molar-refractivity contribution in [2.24, 2.45) is 0 Å². The van der Waals surface area contributed by atoms with Crippen LogP contribution in [-0.4, -0.2) is 13.1 Å². The molecule has 2 aromatic rings. The van der Waals surface area contributed by atoms with E-state index < -0.39 is 0 Å². The molecule has 0 radical (unpaired) electrons. The van der Waals surface area contributed by atoms with Crippen molar-refractivity contribution in [3.63, 3.8) is 0 Å². The lowest BCUT2D eigenvalue weighted by atomic mass is 10.2. The van der Waals surface area contributed by atoms with Crippen molar-refractivity contribution >= 4 is 17.4 Å². The van der Waals surface area contributed by atoms with Gasteiger partial charge in [-0.25, -0.2) is 4.79 Å². The molecule has 0 aliphatic rings. The molecule has 4 heteroatoms. The Morgan fingerprint density at radius 2 is 1.60 bits per heavy atom. The molecule has 0 aliphatic heterocycles. The van der Waals surface area contributed by atoms with Crippen molar-refractivity contribution in [3.05, 3.63) is 53.6 Å². The van der Waals surface area contributed by atoms with Gasteiger partial charge in [-0.05, 0) is 49.2 Å².